The summed E-state index contributed by atoms with van der Waals surface area (Å²) in [6.07, 6.45) is 4.62. The van der Waals surface area contributed by atoms with Crippen LogP contribution in [0.3, 0.4) is 0 Å². The van der Waals surface area contributed by atoms with Gasteiger partial charge in [0.25, 0.3) is 0 Å². The lowest BCUT2D eigenvalue weighted by atomic mass is 10.0. The summed E-state index contributed by atoms with van der Waals surface area (Å²) in [5.74, 6) is 1.25. The first-order valence-electron chi connectivity index (χ1n) is 9.10. The third kappa shape index (κ3) is 2.33. The largest absolute Gasteiger partial charge is 0.389 e. The minimum absolute atomic E-state index is 0.0600. The molecule has 2 atom stereocenters. The molecule has 1 aromatic carbocycles. The third-order valence-electron chi connectivity index (χ3n) is 5.63. The van der Waals surface area contributed by atoms with E-state index in [1.807, 2.05) is 13.0 Å². The second kappa shape index (κ2) is 5.64. The zero-order valence-corrected chi connectivity index (χ0v) is 14.7. The molecule has 1 fully saturated rings. The fourth-order valence-corrected chi connectivity index (χ4v) is 3.95. The highest BCUT2D eigenvalue weighted by Gasteiger charge is 2.36. The molecule has 0 radical (unpaired) electrons. The molecule has 6 heteroatoms. The van der Waals surface area contributed by atoms with E-state index in [-0.39, 0.29) is 12.1 Å². The fourth-order valence-electron chi connectivity index (χ4n) is 3.95. The van der Waals surface area contributed by atoms with Crippen molar-refractivity contribution in [1.29, 1.82) is 0 Å². The zero-order valence-electron chi connectivity index (χ0n) is 14.7. The number of rotatable bonds is 2. The number of nitrogen functional groups attached to an aromatic ring is 1. The first-order valence-corrected chi connectivity index (χ1v) is 9.10. The average Bonchev–Trinajstić information content (AvgIpc) is 3.12. The van der Waals surface area contributed by atoms with Gasteiger partial charge in [-0.2, -0.15) is 0 Å². The predicted octanol–water partition coefficient (Wildman–Crippen LogP) is 2.33. The van der Waals surface area contributed by atoms with Crippen molar-refractivity contribution in [3.05, 3.63) is 41.7 Å². The Labute approximate surface area is 151 Å². The van der Waals surface area contributed by atoms with Crippen LogP contribution in [0.1, 0.15) is 24.6 Å². The van der Waals surface area contributed by atoms with Gasteiger partial charge in [-0.25, -0.2) is 15.0 Å². The van der Waals surface area contributed by atoms with Crippen LogP contribution < -0.4 is 10.6 Å². The van der Waals surface area contributed by atoms with E-state index in [1.165, 1.54) is 5.56 Å². The minimum Gasteiger partial charge on any atom is -0.389 e. The molecule has 26 heavy (non-hydrogen) atoms. The normalized spacial score (nSPS) is 21.7. The summed E-state index contributed by atoms with van der Waals surface area (Å²) in [4.78, 5) is 15.9. The Bertz CT molecular complexity index is 1020. The van der Waals surface area contributed by atoms with Crippen LogP contribution in [0.2, 0.25) is 0 Å². The quantitative estimate of drug-likeness (QED) is 0.740. The summed E-state index contributed by atoms with van der Waals surface area (Å²) in [5.41, 5.74) is 10.3. The van der Waals surface area contributed by atoms with E-state index in [4.69, 9.17) is 15.7 Å². The molecule has 0 amide bonds. The summed E-state index contributed by atoms with van der Waals surface area (Å²) in [5, 5.41) is 12.0. The molecule has 6 nitrogen and oxygen atoms in total. The molecule has 3 heterocycles. The molecule has 0 saturated carbocycles. The van der Waals surface area contributed by atoms with E-state index in [2.05, 4.69) is 28.1 Å². The number of aryl methyl sites for hydroxylation is 1. The highest BCUT2D eigenvalue weighted by molar-refractivity contribution is 5.88. The van der Waals surface area contributed by atoms with Gasteiger partial charge in [-0.1, -0.05) is 12.1 Å². The number of aliphatic hydroxyl groups excluding tert-OH is 1. The molecule has 1 saturated heterocycles. The SMILES string of the molecule is C[C@H]1[C@H](O)CN1c1nc2c(c(-c3ccc4cnc(N)cc4c3)n1)CCC2. The van der Waals surface area contributed by atoms with E-state index in [0.717, 1.165) is 52.9 Å². The zero-order chi connectivity index (χ0) is 17.8. The van der Waals surface area contributed by atoms with Crippen molar-refractivity contribution in [2.45, 2.75) is 38.3 Å². The first kappa shape index (κ1) is 15.5. The van der Waals surface area contributed by atoms with Crippen molar-refractivity contribution in [3.8, 4) is 11.3 Å². The fraction of sp³-hybridized carbons (Fsp3) is 0.350. The number of pyridine rings is 1. The van der Waals surface area contributed by atoms with E-state index >= 15 is 0 Å². The maximum atomic E-state index is 9.86. The number of β-amino-alcohol motifs (C(OH)–C–C–N with tert-alkyl or cyclic N) is 1. The van der Waals surface area contributed by atoms with Crippen molar-refractivity contribution in [2.75, 3.05) is 17.2 Å². The Morgan fingerprint density at radius 2 is 2.04 bits per heavy atom. The highest BCUT2D eigenvalue weighted by atomic mass is 16.3. The van der Waals surface area contributed by atoms with Crippen molar-refractivity contribution in [3.63, 3.8) is 0 Å². The van der Waals surface area contributed by atoms with Gasteiger partial charge in [-0.3, -0.25) is 0 Å². The van der Waals surface area contributed by atoms with Crippen LogP contribution in [-0.4, -0.2) is 38.7 Å². The van der Waals surface area contributed by atoms with E-state index in [0.29, 0.717) is 12.4 Å². The second-order valence-electron chi connectivity index (χ2n) is 7.28. The third-order valence-corrected chi connectivity index (χ3v) is 5.63. The Morgan fingerprint density at radius 3 is 2.85 bits per heavy atom. The van der Waals surface area contributed by atoms with Crippen LogP contribution in [-0.2, 0) is 12.8 Å². The molecule has 0 spiro atoms. The predicted molar refractivity (Wildman–Crippen MR) is 102 cm³/mol. The number of hydrogen-bond donors (Lipinski definition) is 2. The monoisotopic (exact) mass is 347 g/mol. The van der Waals surface area contributed by atoms with Gasteiger partial charge < -0.3 is 15.7 Å². The molecule has 3 aromatic rings. The average molecular weight is 347 g/mol. The minimum atomic E-state index is -0.300. The van der Waals surface area contributed by atoms with E-state index < -0.39 is 0 Å². The topological polar surface area (TPSA) is 88.2 Å². The van der Waals surface area contributed by atoms with Gasteiger partial charge in [-0.05, 0) is 43.7 Å². The van der Waals surface area contributed by atoms with Gasteiger partial charge in [0.15, 0.2) is 0 Å². The summed E-state index contributed by atoms with van der Waals surface area (Å²) in [6.45, 7) is 2.61. The summed E-state index contributed by atoms with van der Waals surface area (Å²) in [7, 11) is 0. The van der Waals surface area contributed by atoms with Gasteiger partial charge >= 0.3 is 0 Å². The molecule has 5 rings (SSSR count). The van der Waals surface area contributed by atoms with Crippen LogP contribution >= 0.6 is 0 Å². The lowest BCUT2D eigenvalue weighted by Crippen LogP contribution is -2.59. The van der Waals surface area contributed by atoms with Crippen molar-refractivity contribution >= 4 is 22.5 Å². The number of hydrogen-bond acceptors (Lipinski definition) is 6. The molecular weight excluding hydrogens is 326 g/mol. The van der Waals surface area contributed by atoms with Crippen LogP contribution in [0.15, 0.2) is 30.5 Å². The molecule has 2 aliphatic rings. The number of fused-ring (bicyclic) bond motifs is 2. The maximum Gasteiger partial charge on any atom is 0.226 e. The number of anilines is 2. The number of aliphatic hydroxyl groups is 1. The van der Waals surface area contributed by atoms with E-state index in [9.17, 15) is 5.11 Å². The molecule has 0 unspecified atom stereocenters. The Kier molecular flexibility index (Phi) is 3.37. The molecular formula is C20H21N5O. The Hall–Kier alpha value is -2.73. The second-order valence-corrected chi connectivity index (χ2v) is 7.28. The van der Waals surface area contributed by atoms with Crippen molar-refractivity contribution < 1.29 is 5.11 Å². The summed E-state index contributed by atoms with van der Waals surface area (Å²) >= 11 is 0. The lowest BCUT2D eigenvalue weighted by Gasteiger charge is -2.43. The number of aromatic nitrogens is 3. The van der Waals surface area contributed by atoms with Gasteiger partial charge in [0.05, 0.1) is 17.8 Å². The van der Waals surface area contributed by atoms with Gasteiger partial charge in [0.2, 0.25) is 5.95 Å². The van der Waals surface area contributed by atoms with Crippen molar-refractivity contribution in [1.82, 2.24) is 15.0 Å². The molecule has 132 valence electrons. The maximum absolute atomic E-state index is 9.86. The van der Waals surface area contributed by atoms with Gasteiger partial charge in [-0.15, -0.1) is 0 Å². The lowest BCUT2D eigenvalue weighted by molar-refractivity contribution is 0.0979. The Morgan fingerprint density at radius 1 is 1.15 bits per heavy atom. The van der Waals surface area contributed by atoms with Crippen molar-refractivity contribution in [2.24, 2.45) is 0 Å². The Balaban J connectivity index is 1.65. The molecule has 1 aliphatic heterocycles. The number of nitrogens with zero attached hydrogens (tertiary/aromatic N) is 4. The van der Waals surface area contributed by atoms with Crippen LogP contribution in [0.25, 0.3) is 22.0 Å². The molecule has 0 bridgehead atoms. The van der Waals surface area contributed by atoms with E-state index in [1.54, 1.807) is 6.20 Å². The van der Waals surface area contributed by atoms with Crippen LogP contribution in [0.5, 0.6) is 0 Å². The smallest absolute Gasteiger partial charge is 0.226 e. The highest BCUT2D eigenvalue weighted by Crippen LogP contribution is 2.35. The summed E-state index contributed by atoms with van der Waals surface area (Å²) < 4.78 is 0. The van der Waals surface area contributed by atoms with Crippen LogP contribution in [0, 0.1) is 0 Å². The number of nitrogens with two attached hydrogens (primary N) is 1. The molecule has 3 N–H and O–H groups in total. The van der Waals surface area contributed by atoms with Gasteiger partial charge in [0.1, 0.15) is 5.82 Å². The van der Waals surface area contributed by atoms with Gasteiger partial charge in [0, 0.05) is 34.9 Å². The number of benzene rings is 1. The van der Waals surface area contributed by atoms with Crippen LogP contribution in [0.4, 0.5) is 11.8 Å². The molecule has 1 aliphatic carbocycles. The summed E-state index contributed by atoms with van der Waals surface area (Å²) in [6, 6.07) is 8.25. The first-order chi connectivity index (χ1) is 12.6. The standard InChI is InChI=1S/C20H21N5O/c1-11-17(26)10-25(11)20-23-16-4-2-3-15(16)19(24-20)12-5-6-13-9-22-18(21)8-14(13)7-12/h5-9,11,17,26H,2-4,10H2,1H3,(H2,21,22)/t11-,17+/m0/s1. The molecule has 2 aromatic heterocycles.